The van der Waals surface area contributed by atoms with Crippen molar-refractivity contribution < 1.29 is 15.0 Å². The lowest BCUT2D eigenvalue weighted by molar-refractivity contribution is -0.123. The van der Waals surface area contributed by atoms with E-state index in [0.29, 0.717) is 6.42 Å². The highest BCUT2D eigenvalue weighted by Crippen LogP contribution is 2.13. The van der Waals surface area contributed by atoms with E-state index < -0.39 is 12.1 Å². The lowest BCUT2D eigenvalue weighted by Gasteiger charge is -2.19. The number of allylic oxidation sites excluding steroid dienone is 7. The van der Waals surface area contributed by atoms with Crippen molar-refractivity contribution in [2.45, 2.75) is 212 Å². The zero-order valence-corrected chi connectivity index (χ0v) is 31.3. The quantitative estimate of drug-likeness (QED) is 0.0464. The molecule has 0 spiro atoms. The van der Waals surface area contributed by atoms with E-state index in [1.54, 1.807) is 6.08 Å². The molecule has 3 N–H and O–H groups in total. The fourth-order valence-corrected chi connectivity index (χ4v) is 5.85. The van der Waals surface area contributed by atoms with Crippen molar-refractivity contribution in [3.63, 3.8) is 0 Å². The second-order valence-corrected chi connectivity index (χ2v) is 13.7. The van der Waals surface area contributed by atoms with Crippen LogP contribution in [0.15, 0.2) is 48.6 Å². The molecule has 4 heteroatoms. The lowest BCUT2D eigenvalue weighted by atomic mass is 10.1. The molecule has 0 aliphatic carbocycles. The average Bonchev–Trinajstić information content (AvgIpc) is 3.07. The first kappa shape index (κ1) is 45.3. The second kappa shape index (κ2) is 38.8. The minimum absolute atomic E-state index is 0.0842. The van der Waals surface area contributed by atoms with Crippen LogP contribution in [0.25, 0.3) is 0 Å². The predicted octanol–water partition coefficient (Wildman–Crippen LogP) is 12.4. The number of aliphatic hydroxyl groups excluding tert-OH is 2. The minimum atomic E-state index is -0.870. The van der Waals surface area contributed by atoms with Gasteiger partial charge in [-0.2, -0.15) is 0 Å². The summed E-state index contributed by atoms with van der Waals surface area (Å²) in [5.74, 6) is -0.0842. The van der Waals surface area contributed by atoms with E-state index in [2.05, 4.69) is 55.6 Å². The molecule has 274 valence electrons. The Kier molecular flexibility index (Phi) is 37.4. The third kappa shape index (κ3) is 35.5. The summed E-state index contributed by atoms with van der Waals surface area (Å²) in [5.41, 5.74) is 0. The van der Waals surface area contributed by atoms with E-state index >= 15 is 0 Å². The zero-order chi connectivity index (χ0) is 34.3. The molecule has 0 saturated carbocycles. The summed E-state index contributed by atoms with van der Waals surface area (Å²) in [5, 5.41) is 22.9. The fourth-order valence-electron chi connectivity index (χ4n) is 5.85. The maximum Gasteiger partial charge on any atom is 0.220 e. The van der Waals surface area contributed by atoms with Gasteiger partial charge in [0, 0.05) is 6.42 Å². The van der Waals surface area contributed by atoms with Crippen LogP contribution < -0.4 is 5.32 Å². The number of carbonyl (C=O) groups is 1. The maximum atomic E-state index is 12.3. The number of unbranched alkanes of at least 4 members (excludes halogenated alkanes) is 23. The molecule has 0 aliphatic heterocycles. The Bertz CT molecular complexity index is 756. The van der Waals surface area contributed by atoms with Crippen molar-refractivity contribution in [3.8, 4) is 0 Å². The number of hydrogen-bond acceptors (Lipinski definition) is 3. The smallest absolute Gasteiger partial charge is 0.220 e. The Morgan fingerprint density at radius 2 is 0.830 bits per heavy atom. The maximum absolute atomic E-state index is 12.3. The predicted molar refractivity (Wildman–Crippen MR) is 207 cm³/mol. The minimum Gasteiger partial charge on any atom is -0.394 e. The van der Waals surface area contributed by atoms with Gasteiger partial charge in [0.1, 0.15) is 0 Å². The summed E-state index contributed by atoms with van der Waals surface area (Å²) >= 11 is 0. The van der Waals surface area contributed by atoms with E-state index in [9.17, 15) is 15.0 Å². The largest absolute Gasteiger partial charge is 0.394 e. The number of nitrogens with one attached hydrogen (secondary N) is 1. The summed E-state index contributed by atoms with van der Waals surface area (Å²) in [6.45, 7) is 4.26. The van der Waals surface area contributed by atoms with Crippen LogP contribution in [0.4, 0.5) is 0 Å². The van der Waals surface area contributed by atoms with Gasteiger partial charge in [0.05, 0.1) is 18.8 Å². The van der Waals surface area contributed by atoms with E-state index in [4.69, 9.17) is 0 Å². The Labute approximate surface area is 293 Å². The van der Waals surface area contributed by atoms with Crippen molar-refractivity contribution >= 4 is 5.91 Å². The highest BCUT2D eigenvalue weighted by molar-refractivity contribution is 5.76. The molecule has 0 aromatic carbocycles. The highest BCUT2D eigenvalue weighted by atomic mass is 16.3. The van der Waals surface area contributed by atoms with Crippen LogP contribution in [0.2, 0.25) is 0 Å². The molecule has 1 amide bonds. The van der Waals surface area contributed by atoms with Crippen LogP contribution in [-0.2, 0) is 4.79 Å². The summed E-state index contributed by atoms with van der Waals surface area (Å²) in [4.78, 5) is 12.3. The normalized spacial score (nSPS) is 13.5. The van der Waals surface area contributed by atoms with E-state index in [1.807, 2.05) is 6.08 Å². The first-order valence-electron chi connectivity index (χ1n) is 20.4. The van der Waals surface area contributed by atoms with Gasteiger partial charge in [-0.05, 0) is 70.6 Å². The average molecular weight is 658 g/mol. The number of hydrogen-bond donors (Lipinski definition) is 3. The van der Waals surface area contributed by atoms with Crippen LogP contribution in [0, 0.1) is 0 Å². The Balaban J connectivity index is 3.64. The van der Waals surface area contributed by atoms with Crippen molar-refractivity contribution in [1.29, 1.82) is 0 Å². The van der Waals surface area contributed by atoms with Crippen molar-refractivity contribution in [2.24, 2.45) is 0 Å². The standard InChI is InChI=1S/C43H79NO3/c1-3-5-7-9-11-13-15-17-19-20-21-22-23-24-25-27-29-31-33-35-37-39-43(47)44-41(40-45)42(46)38-36-34-32-30-28-26-18-16-14-12-10-8-6-4-2/h14,16,22-23,28,30,36,38,41-42,45-46H,3-13,15,17-21,24-27,29,31-35,37,39-40H2,1-2H3,(H,44,47)/b16-14+,23-22-,30-28+,38-36+. The molecule has 2 atom stereocenters. The second-order valence-electron chi connectivity index (χ2n) is 13.7. The van der Waals surface area contributed by atoms with E-state index in [1.165, 1.54) is 141 Å². The van der Waals surface area contributed by atoms with Crippen molar-refractivity contribution in [1.82, 2.24) is 5.32 Å². The topological polar surface area (TPSA) is 69.6 Å². The molecule has 0 aromatic rings. The van der Waals surface area contributed by atoms with Crippen LogP contribution >= 0.6 is 0 Å². The monoisotopic (exact) mass is 658 g/mol. The van der Waals surface area contributed by atoms with Crippen LogP contribution in [-0.4, -0.2) is 34.9 Å². The number of amides is 1. The van der Waals surface area contributed by atoms with Crippen molar-refractivity contribution in [3.05, 3.63) is 48.6 Å². The third-order valence-electron chi connectivity index (χ3n) is 9.01. The van der Waals surface area contributed by atoms with E-state index in [0.717, 1.165) is 38.5 Å². The van der Waals surface area contributed by atoms with Crippen molar-refractivity contribution in [2.75, 3.05) is 6.61 Å². The lowest BCUT2D eigenvalue weighted by Crippen LogP contribution is -2.45. The molecule has 0 bridgehead atoms. The molecule has 0 saturated heterocycles. The van der Waals surface area contributed by atoms with Gasteiger partial charge in [-0.3, -0.25) is 4.79 Å². The molecule has 47 heavy (non-hydrogen) atoms. The Morgan fingerprint density at radius 3 is 1.26 bits per heavy atom. The van der Waals surface area contributed by atoms with Gasteiger partial charge in [-0.1, -0.05) is 172 Å². The summed E-state index contributed by atoms with van der Waals surface area (Å²) < 4.78 is 0. The van der Waals surface area contributed by atoms with Crippen LogP contribution in [0.5, 0.6) is 0 Å². The molecule has 2 unspecified atom stereocenters. The van der Waals surface area contributed by atoms with Gasteiger partial charge in [0.25, 0.3) is 0 Å². The van der Waals surface area contributed by atoms with Gasteiger partial charge in [0.15, 0.2) is 0 Å². The van der Waals surface area contributed by atoms with Gasteiger partial charge in [-0.25, -0.2) is 0 Å². The van der Waals surface area contributed by atoms with Crippen LogP contribution in [0.3, 0.4) is 0 Å². The number of carbonyl (C=O) groups excluding carboxylic acids is 1. The molecular weight excluding hydrogens is 578 g/mol. The summed E-state index contributed by atoms with van der Waals surface area (Å²) in [6, 6.07) is -0.646. The Hall–Kier alpha value is -1.65. The third-order valence-corrected chi connectivity index (χ3v) is 9.01. The van der Waals surface area contributed by atoms with Gasteiger partial charge in [0.2, 0.25) is 5.91 Å². The first-order valence-corrected chi connectivity index (χ1v) is 20.4. The number of rotatable bonds is 36. The summed E-state index contributed by atoms with van der Waals surface area (Å²) in [6.07, 6.45) is 52.1. The zero-order valence-electron chi connectivity index (χ0n) is 31.3. The van der Waals surface area contributed by atoms with Gasteiger partial charge < -0.3 is 15.5 Å². The number of aliphatic hydroxyl groups is 2. The first-order chi connectivity index (χ1) is 23.2. The van der Waals surface area contributed by atoms with Gasteiger partial charge in [-0.15, -0.1) is 0 Å². The molecule has 0 aromatic heterocycles. The van der Waals surface area contributed by atoms with Gasteiger partial charge >= 0.3 is 0 Å². The van der Waals surface area contributed by atoms with E-state index in [-0.39, 0.29) is 12.5 Å². The molecule has 0 fully saturated rings. The molecule has 0 heterocycles. The fraction of sp³-hybridized carbons (Fsp3) is 0.791. The van der Waals surface area contributed by atoms with Crippen LogP contribution in [0.1, 0.15) is 200 Å². The Morgan fingerprint density at radius 1 is 0.489 bits per heavy atom. The molecule has 4 nitrogen and oxygen atoms in total. The SMILES string of the molecule is CCCCCC/C=C/CC/C=C/CC/C=C/C(O)C(CO)NC(=O)CCCCCCCCC/C=C\CCCCCCCCCCCC. The highest BCUT2D eigenvalue weighted by Gasteiger charge is 2.17. The summed E-state index contributed by atoms with van der Waals surface area (Å²) in [7, 11) is 0. The molecule has 0 aliphatic rings. The molecular formula is C43H79NO3. The molecule has 0 radical (unpaired) electrons. The molecule has 0 rings (SSSR count).